The lowest BCUT2D eigenvalue weighted by Gasteiger charge is -2.31. The van der Waals surface area contributed by atoms with E-state index in [-0.39, 0.29) is 23.5 Å². The van der Waals surface area contributed by atoms with Gasteiger partial charge >= 0.3 is 0 Å². The Morgan fingerprint density at radius 1 is 1.11 bits per heavy atom. The average Bonchev–Trinajstić information content (AvgIpc) is 2.74. The molecule has 6 nitrogen and oxygen atoms in total. The summed E-state index contributed by atoms with van der Waals surface area (Å²) in [6.45, 7) is 1.04. The standard InChI is InChI=1S/C21H22FN3O3/c1-28-19-8-4-17(5-9-19)21(27)25-12-10-16(11-13-25)20(26)24-23-14-15-2-6-18(22)7-3-15/h2-9,14,16H,10-13H2,1H3,(H,24,26)/b23-14-. The van der Waals surface area contributed by atoms with E-state index in [2.05, 4.69) is 10.5 Å². The van der Waals surface area contributed by atoms with E-state index < -0.39 is 0 Å². The van der Waals surface area contributed by atoms with E-state index in [0.717, 1.165) is 0 Å². The molecule has 0 unspecified atom stereocenters. The third kappa shape index (κ3) is 4.94. The molecule has 0 spiro atoms. The molecule has 2 aromatic rings. The normalized spacial score (nSPS) is 14.9. The van der Waals surface area contributed by atoms with E-state index in [9.17, 15) is 14.0 Å². The number of halogens is 1. The molecule has 28 heavy (non-hydrogen) atoms. The van der Waals surface area contributed by atoms with Crippen LogP contribution in [0.15, 0.2) is 53.6 Å². The second kappa shape index (κ2) is 9.12. The minimum absolute atomic E-state index is 0.0455. The number of carbonyl (C=O) groups is 2. The number of carbonyl (C=O) groups excluding carboxylic acids is 2. The molecule has 0 aromatic heterocycles. The highest BCUT2D eigenvalue weighted by molar-refractivity contribution is 5.94. The van der Waals surface area contributed by atoms with Crippen molar-refractivity contribution in [2.24, 2.45) is 11.0 Å². The molecule has 0 radical (unpaired) electrons. The van der Waals surface area contributed by atoms with E-state index in [0.29, 0.717) is 42.8 Å². The van der Waals surface area contributed by atoms with Gasteiger partial charge in [-0.2, -0.15) is 5.10 Å². The van der Waals surface area contributed by atoms with Crippen molar-refractivity contribution in [1.82, 2.24) is 10.3 Å². The first kappa shape index (κ1) is 19.5. The van der Waals surface area contributed by atoms with Crippen molar-refractivity contribution in [3.8, 4) is 5.75 Å². The van der Waals surface area contributed by atoms with Crippen LogP contribution < -0.4 is 10.2 Å². The van der Waals surface area contributed by atoms with Crippen LogP contribution in [0.25, 0.3) is 0 Å². The van der Waals surface area contributed by atoms with Crippen LogP contribution in [0.5, 0.6) is 5.75 Å². The van der Waals surface area contributed by atoms with Gasteiger partial charge in [0, 0.05) is 24.6 Å². The Hall–Kier alpha value is -3.22. The zero-order chi connectivity index (χ0) is 19.9. The Bertz CT molecular complexity index is 842. The Kier molecular flexibility index (Phi) is 6.37. The molecule has 1 saturated heterocycles. The summed E-state index contributed by atoms with van der Waals surface area (Å²) in [5.41, 5.74) is 3.82. The predicted octanol–water partition coefficient (Wildman–Crippen LogP) is 2.84. The Morgan fingerprint density at radius 2 is 1.75 bits per heavy atom. The van der Waals surface area contributed by atoms with Crippen molar-refractivity contribution in [3.05, 3.63) is 65.5 Å². The number of ether oxygens (including phenoxy) is 1. The molecule has 146 valence electrons. The number of rotatable bonds is 5. The second-order valence-corrected chi connectivity index (χ2v) is 6.58. The van der Waals surface area contributed by atoms with Crippen molar-refractivity contribution in [2.45, 2.75) is 12.8 Å². The topological polar surface area (TPSA) is 71.0 Å². The van der Waals surface area contributed by atoms with E-state index in [1.54, 1.807) is 48.4 Å². The van der Waals surface area contributed by atoms with Crippen LogP contribution in [0, 0.1) is 11.7 Å². The monoisotopic (exact) mass is 383 g/mol. The Labute approximate surface area is 163 Å². The van der Waals surface area contributed by atoms with Gasteiger partial charge in [0.05, 0.1) is 13.3 Å². The molecule has 0 bridgehead atoms. The van der Waals surface area contributed by atoms with Crippen molar-refractivity contribution in [1.29, 1.82) is 0 Å². The van der Waals surface area contributed by atoms with Gasteiger partial charge in [0.2, 0.25) is 5.91 Å². The number of nitrogens with zero attached hydrogens (tertiary/aromatic N) is 2. The van der Waals surface area contributed by atoms with E-state index in [4.69, 9.17) is 4.74 Å². The molecule has 1 heterocycles. The molecule has 0 atom stereocenters. The first-order valence-corrected chi connectivity index (χ1v) is 9.08. The molecule has 1 aliphatic rings. The molecule has 0 saturated carbocycles. The zero-order valence-corrected chi connectivity index (χ0v) is 15.6. The smallest absolute Gasteiger partial charge is 0.253 e. The number of methoxy groups -OCH3 is 1. The van der Waals surface area contributed by atoms with Crippen LogP contribution in [-0.4, -0.2) is 43.1 Å². The first-order chi connectivity index (χ1) is 13.6. The Morgan fingerprint density at radius 3 is 2.36 bits per heavy atom. The highest BCUT2D eigenvalue weighted by atomic mass is 19.1. The summed E-state index contributed by atoms with van der Waals surface area (Å²) in [5, 5.41) is 3.93. The maximum Gasteiger partial charge on any atom is 0.253 e. The first-order valence-electron chi connectivity index (χ1n) is 9.08. The molecule has 0 aliphatic carbocycles. The van der Waals surface area contributed by atoms with Crippen LogP contribution in [-0.2, 0) is 4.79 Å². The van der Waals surface area contributed by atoms with Crippen molar-refractivity contribution < 1.29 is 18.7 Å². The molecular formula is C21H22FN3O3. The van der Waals surface area contributed by atoms with Gasteiger partial charge in [0.25, 0.3) is 5.91 Å². The highest BCUT2D eigenvalue weighted by Gasteiger charge is 2.27. The van der Waals surface area contributed by atoms with Gasteiger partial charge in [0.15, 0.2) is 0 Å². The van der Waals surface area contributed by atoms with E-state index >= 15 is 0 Å². The third-order valence-electron chi connectivity index (χ3n) is 4.75. The van der Waals surface area contributed by atoms with Gasteiger partial charge in [-0.1, -0.05) is 12.1 Å². The molecule has 1 fully saturated rings. The highest BCUT2D eigenvalue weighted by Crippen LogP contribution is 2.20. The summed E-state index contributed by atoms with van der Waals surface area (Å²) < 4.78 is 18.0. The van der Waals surface area contributed by atoms with Crippen molar-refractivity contribution in [2.75, 3.05) is 20.2 Å². The lowest BCUT2D eigenvalue weighted by atomic mass is 9.95. The number of benzene rings is 2. The number of hydrazone groups is 1. The van der Waals surface area contributed by atoms with E-state index in [1.807, 2.05) is 0 Å². The minimum atomic E-state index is -0.322. The predicted molar refractivity (Wildman–Crippen MR) is 104 cm³/mol. The minimum Gasteiger partial charge on any atom is -0.497 e. The van der Waals surface area contributed by atoms with Gasteiger partial charge in [-0.15, -0.1) is 0 Å². The molecule has 3 rings (SSSR count). The fraction of sp³-hybridized carbons (Fsp3) is 0.286. The second-order valence-electron chi connectivity index (χ2n) is 6.58. The van der Waals surface area contributed by atoms with Gasteiger partial charge < -0.3 is 9.64 Å². The number of hydrogen-bond acceptors (Lipinski definition) is 4. The maximum absolute atomic E-state index is 12.9. The van der Waals surface area contributed by atoms with Crippen LogP contribution >= 0.6 is 0 Å². The molecular weight excluding hydrogens is 361 g/mol. The Balaban J connectivity index is 1.47. The van der Waals surface area contributed by atoms with Crippen molar-refractivity contribution >= 4 is 18.0 Å². The fourth-order valence-electron chi connectivity index (χ4n) is 3.07. The van der Waals surface area contributed by atoms with Gasteiger partial charge in [-0.3, -0.25) is 9.59 Å². The SMILES string of the molecule is COc1ccc(C(=O)N2CCC(C(=O)N/N=C\c3ccc(F)cc3)CC2)cc1. The summed E-state index contributed by atoms with van der Waals surface area (Å²) in [7, 11) is 1.58. The number of hydrogen-bond donors (Lipinski definition) is 1. The van der Waals surface area contributed by atoms with E-state index in [1.165, 1.54) is 18.3 Å². The molecule has 7 heteroatoms. The summed E-state index contributed by atoms with van der Waals surface area (Å²) in [5.74, 6) is -0.0266. The number of nitrogens with one attached hydrogen (secondary N) is 1. The zero-order valence-electron chi connectivity index (χ0n) is 15.6. The van der Waals surface area contributed by atoms with Gasteiger partial charge in [-0.25, -0.2) is 9.82 Å². The maximum atomic E-state index is 12.9. The molecule has 2 aromatic carbocycles. The lowest BCUT2D eigenvalue weighted by Crippen LogP contribution is -2.42. The lowest BCUT2D eigenvalue weighted by molar-refractivity contribution is -0.126. The number of likely N-dealkylation sites (tertiary alicyclic amines) is 1. The van der Waals surface area contributed by atoms with Crippen LogP contribution in [0.2, 0.25) is 0 Å². The van der Waals surface area contributed by atoms with Crippen LogP contribution in [0.3, 0.4) is 0 Å². The number of amides is 2. The molecule has 1 aliphatic heterocycles. The number of piperidine rings is 1. The quantitative estimate of drug-likeness (QED) is 0.638. The summed E-state index contributed by atoms with van der Waals surface area (Å²) in [6.07, 6.45) is 2.64. The van der Waals surface area contributed by atoms with Gasteiger partial charge in [0.1, 0.15) is 11.6 Å². The van der Waals surface area contributed by atoms with Gasteiger partial charge in [-0.05, 0) is 54.8 Å². The van der Waals surface area contributed by atoms with Crippen molar-refractivity contribution in [3.63, 3.8) is 0 Å². The molecule has 1 N–H and O–H groups in total. The molecule has 2 amide bonds. The largest absolute Gasteiger partial charge is 0.497 e. The third-order valence-corrected chi connectivity index (χ3v) is 4.75. The fourth-order valence-corrected chi connectivity index (χ4v) is 3.07. The van der Waals surface area contributed by atoms with Crippen LogP contribution in [0.4, 0.5) is 4.39 Å². The summed E-state index contributed by atoms with van der Waals surface area (Å²) in [4.78, 5) is 26.6. The average molecular weight is 383 g/mol. The summed E-state index contributed by atoms with van der Waals surface area (Å²) >= 11 is 0. The summed E-state index contributed by atoms with van der Waals surface area (Å²) in [6, 6.07) is 12.8. The van der Waals surface area contributed by atoms with Crippen LogP contribution in [0.1, 0.15) is 28.8 Å².